The van der Waals surface area contributed by atoms with Gasteiger partial charge in [0.15, 0.2) is 6.61 Å². The van der Waals surface area contributed by atoms with Crippen molar-refractivity contribution in [2.24, 2.45) is 0 Å². The van der Waals surface area contributed by atoms with Crippen LogP contribution in [0.15, 0.2) is 71.6 Å². The summed E-state index contributed by atoms with van der Waals surface area (Å²) < 4.78 is 6.02. The number of thioether (sulfide) groups is 1. The maximum atomic E-state index is 12.5. The molecule has 0 aliphatic carbocycles. The summed E-state index contributed by atoms with van der Waals surface area (Å²) in [5, 5.41) is 3.60. The monoisotopic (exact) mass is 509 g/mol. The fraction of sp³-hybridized carbons (Fsp3) is 0.321. The molecule has 0 saturated carbocycles. The number of carbonyl (C=O) groups excluding carboxylic acids is 1. The van der Waals surface area contributed by atoms with Gasteiger partial charge in [0.25, 0.3) is 5.91 Å². The lowest BCUT2D eigenvalue weighted by Gasteiger charge is -2.32. The predicted molar refractivity (Wildman–Crippen MR) is 145 cm³/mol. The Labute approximate surface area is 217 Å². The molecule has 0 unspecified atom stereocenters. The minimum atomic E-state index is -0.151. The molecule has 1 aliphatic rings. The van der Waals surface area contributed by atoms with E-state index in [1.807, 2.05) is 30.3 Å². The summed E-state index contributed by atoms with van der Waals surface area (Å²) in [6.07, 6.45) is 2.08. The second-order valence-corrected chi connectivity index (χ2v) is 10.1. The maximum Gasteiger partial charge on any atom is 0.258 e. The molecule has 1 fully saturated rings. The van der Waals surface area contributed by atoms with Crippen LogP contribution in [0, 0.1) is 0 Å². The third kappa shape index (κ3) is 7.48. The molecule has 0 aromatic heterocycles. The topological polar surface area (TPSA) is 44.8 Å². The fourth-order valence-electron chi connectivity index (χ4n) is 4.05. The highest BCUT2D eigenvalue weighted by atomic mass is 35.5. The van der Waals surface area contributed by atoms with E-state index in [1.54, 1.807) is 11.8 Å². The molecule has 35 heavy (non-hydrogen) atoms. The molecule has 4 rings (SSSR count). The molecule has 1 N–H and O–H groups in total. The highest BCUT2D eigenvalue weighted by molar-refractivity contribution is 7.98. The number of hydrogen-bond acceptors (Lipinski definition) is 5. The third-order valence-corrected chi connectivity index (χ3v) is 7.23. The van der Waals surface area contributed by atoms with Gasteiger partial charge in [0.2, 0.25) is 0 Å². The minimum Gasteiger partial charge on any atom is -0.483 e. The fourth-order valence-corrected chi connectivity index (χ4v) is 4.59. The number of benzene rings is 3. The molecule has 184 valence electrons. The number of likely N-dealkylation sites (N-methyl/N-ethyl adjacent to an activating group) is 1. The molecule has 1 saturated heterocycles. The summed E-state index contributed by atoms with van der Waals surface area (Å²) in [4.78, 5) is 18.5. The van der Waals surface area contributed by atoms with Gasteiger partial charge in [-0.25, -0.2) is 0 Å². The molecule has 1 heterocycles. The first kappa shape index (κ1) is 25.6. The van der Waals surface area contributed by atoms with Crippen molar-refractivity contribution < 1.29 is 9.53 Å². The molecule has 0 spiro atoms. The normalized spacial score (nSPS) is 14.6. The van der Waals surface area contributed by atoms with Crippen LogP contribution in [-0.2, 0) is 17.9 Å². The number of carbonyl (C=O) groups is 1. The Bertz CT molecular complexity index is 1110. The number of ether oxygens (including phenoxy) is 1. The van der Waals surface area contributed by atoms with Gasteiger partial charge in [-0.2, -0.15) is 0 Å². The van der Waals surface area contributed by atoms with Gasteiger partial charge in [0.1, 0.15) is 5.75 Å². The van der Waals surface area contributed by atoms with Crippen LogP contribution in [0.4, 0.5) is 0 Å². The van der Waals surface area contributed by atoms with E-state index in [4.69, 9.17) is 16.3 Å². The van der Waals surface area contributed by atoms with E-state index >= 15 is 0 Å². The third-order valence-electron chi connectivity index (χ3n) is 6.24. The molecule has 3 aromatic carbocycles. The quantitative estimate of drug-likeness (QED) is 0.403. The molecule has 0 bridgehead atoms. The van der Waals surface area contributed by atoms with E-state index < -0.39 is 0 Å². The van der Waals surface area contributed by atoms with Crippen LogP contribution in [0.5, 0.6) is 5.75 Å². The minimum absolute atomic E-state index is 0.0227. The van der Waals surface area contributed by atoms with Crippen molar-refractivity contribution in [3.8, 4) is 16.9 Å². The summed E-state index contributed by atoms with van der Waals surface area (Å²) in [5.41, 5.74) is 4.43. The maximum absolute atomic E-state index is 12.5. The molecular weight excluding hydrogens is 478 g/mol. The highest BCUT2D eigenvalue weighted by Crippen LogP contribution is 2.29. The first-order valence-electron chi connectivity index (χ1n) is 11.8. The largest absolute Gasteiger partial charge is 0.483 e. The lowest BCUT2D eigenvalue weighted by Crippen LogP contribution is -2.43. The van der Waals surface area contributed by atoms with Crippen molar-refractivity contribution in [1.29, 1.82) is 0 Å². The number of piperazine rings is 1. The number of hydrogen-bond donors (Lipinski definition) is 1. The number of rotatable bonds is 9. The number of halogens is 1. The summed E-state index contributed by atoms with van der Waals surface area (Å²) in [6, 6.07) is 22.3. The Hall–Kier alpha value is -2.51. The van der Waals surface area contributed by atoms with Gasteiger partial charge in [0, 0.05) is 54.8 Å². The number of amides is 1. The second-order valence-electron chi connectivity index (χ2n) is 8.82. The summed E-state index contributed by atoms with van der Waals surface area (Å²) in [5.74, 6) is 0.609. The van der Waals surface area contributed by atoms with Gasteiger partial charge in [-0.1, -0.05) is 41.9 Å². The molecule has 3 aromatic rings. The summed E-state index contributed by atoms with van der Waals surface area (Å²) in [6.45, 7) is 5.36. The van der Waals surface area contributed by atoms with Crippen LogP contribution in [0.1, 0.15) is 11.1 Å². The van der Waals surface area contributed by atoms with Crippen LogP contribution in [0.3, 0.4) is 0 Å². The van der Waals surface area contributed by atoms with E-state index in [9.17, 15) is 4.79 Å². The van der Waals surface area contributed by atoms with Gasteiger partial charge < -0.3 is 15.0 Å². The zero-order valence-corrected chi connectivity index (χ0v) is 21.9. The van der Waals surface area contributed by atoms with E-state index in [2.05, 4.69) is 64.8 Å². The average molecular weight is 510 g/mol. The lowest BCUT2D eigenvalue weighted by atomic mass is 10.0. The van der Waals surface area contributed by atoms with Crippen molar-refractivity contribution in [1.82, 2.24) is 15.1 Å². The standard InChI is InChI=1S/C28H32ClN3O2S/c1-31-13-15-32(16-14-31)19-24-17-23(22-5-10-26(35-2)11-6-22)7-12-27(24)34-20-28(33)30-18-21-3-8-25(29)9-4-21/h3-12,17H,13-16,18-20H2,1-2H3,(H,30,33). The lowest BCUT2D eigenvalue weighted by molar-refractivity contribution is -0.123. The van der Waals surface area contributed by atoms with Gasteiger partial charge in [0.05, 0.1) is 0 Å². The van der Waals surface area contributed by atoms with Gasteiger partial charge >= 0.3 is 0 Å². The van der Waals surface area contributed by atoms with Gasteiger partial charge in [-0.15, -0.1) is 11.8 Å². The SMILES string of the molecule is CSc1ccc(-c2ccc(OCC(=O)NCc3ccc(Cl)cc3)c(CN3CCN(C)CC3)c2)cc1. The van der Waals surface area contributed by atoms with Crippen LogP contribution >= 0.6 is 23.4 Å². The summed E-state index contributed by atoms with van der Waals surface area (Å²) in [7, 11) is 2.16. The van der Waals surface area contributed by atoms with E-state index in [-0.39, 0.29) is 12.5 Å². The number of nitrogens with zero attached hydrogens (tertiary/aromatic N) is 2. The van der Waals surface area contributed by atoms with Gasteiger partial charge in [-0.05, 0) is 66.4 Å². The molecule has 0 atom stereocenters. The molecule has 7 heteroatoms. The smallest absolute Gasteiger partial charge is 0.258 e. The molecule has 1 amide bonds. The Morgan fingerprint density at radius 2 is 1.66 bits per heavy atom. The Kier molecular flexibility index (Phi) is 9.10. The molecule has 0 radical (unpaired) electrons. The predicted octanol–water partition coefficient (Wildman–Crippen LogP) is 5.17. The Balaban J connectivity index is 1.44. The second kappa shape index (κ2) is 12.5. The average Bonchev–Trinajstić information content (AvgIpc) is 2.89. The van der Waals surface area contributed by atoms with Gasteiger partial charge in [-0.3, -0.25) is 9.69 Å². The van der Waals surface area contributed by atoms with Crippen molar-refractivity contribution >= 4 is 29.3 Å². The summed E-state index contributed by atoms with van der Waals surface area (Å²) >= 11 is 7.67. The van der Waals surface area contributed by atoms with E-state index in [0.717, 1.165) is 55.2 Å². The van der Waals surface area contributed by atoms with Crippen LogP contribution < -0.4 is 10.1 Å². The van der Waals surface area contributed by atoms with Crippen LogP contribution in [-0.4, -0.2) is 61.8 Å². The van der Waals surface area contributed by atoms with Crippen molar-refractivity contribution in [3.05, 3.63) is 82.9 Å². The molecule has 1 aliphatic heterocycles. The number of nitrogens with one attached hydrogen (secondary N) is 1. The zero-order valence-electron chi connectivity index (χ0n) is 20.3. The first-order valence-corrected chi connectivity index (χ1v) is 13.4. The van der Waals surface area contributed by atoms with E-state index in [1.165, 1.54) is 10.5 Å². The van der Waals surface area contributed by atoms with Crippen molar-refractivity contribution in [2.45, 2.75) is 18.0 Å². The zero-order chi connectivity index (χ0) is 24.6. The Morgan fingerprint density at radius 3 is 2.34 bits per heavy atom. The highest BCUT2D eigenvalue weighted by Gasteiger charge is 2.17. The van der Waals surface area contributed by atoms with Crippen LogP contribution in [0.2, 0.25) is 5.02 Å². The van der Waals surface area contributed by atoms with E-state index in [0.29, 0.717) is 11.6 Å². The Morgan fingerprint density at radius 1 is 0.971 bits per heavy atom. The van der Waals surface area contributed by atoms with Crippen LogP contribution in [0.25, 0.3) is 11.1 Å². The first-order chi connectivity index (χ1) is 17.0. The van der Waals surface area contributed by atoms with Crippen molar-refractivity contribution in [3.63, 3.8) is 0 Å². The van der Waals surface area contributed by atoms with Crippen molar-refractivity contribution in [2.75, 3.05) is 46.1 Å². The molecular formula is C28H32ClN3O2S. The molecule has 5 nitrogen and oxygen atoms in total.